The second-order valence-corrected chi connectivity index (χ2v) is 4.76. The van der Waals surface area contributed by atoms with Crippen LogP contribution in [-0.2, 0) is 0 Å². The number of pyridine rings is 1. The maximum Gasteiger partial charge on any atom is 0.0957 e. The Bertz CT molecular complexity index is 350. The Morgan fingerprint density at radius 1 is 1.47 bits per heavy atom. The molecule has 2 atom stereocenters. The number of hydrogen-bond acceptors (Lipinski definition) is 3. The highest BCUT2D eigenvalue weighted by Gasteiger charge is 2.23. The minimum Gasteiger partial charge on any atom is -0.387 e. The molecule has 1 aliphatic rings. The molecule has 1 N–H and O–H groups in total. The van der Waals surface area contributed by atoms with E-state index in [0.717, 1.165) is 12.2 Å². The molecule has 0 aromatic carbocycles. The van der Waals surface area contributed by atoms with Gasteiger partial charge in [0, 0.05) is 12.6 Å². The van der Waals surface area contributed by atoms with Gasteiger partial charge in [-0.2, -0.15) is 0 Å². The van der Waals surface area contributed by atoms with E-state index >= 15 is 0 Å². The molecule has 1 fully saturated rings. The van der Waals surface area contributed by atoms with Crippen molar-refractivity contribution in [2.24, 2.45) is 0 Å². The average molecular weight is 234 g/mol. The molecule has 3 heteroatoms. The van der Waals surface area contributed by atoms with Crippen molar-refractivity contribution in [3.8, 4) is 0 Å². The molecule has 1 saturated heterocycles. The molecule has 1 aromatic rings. The smallest absolute Gasteiger partial charge is 0.0957 e. The number of aromatic nitrogens is 1. The van der Waals surface area contributed by atoms with Crippen LogP contribution in [-0.4, -0.2) is 22.7 Å². The van der Waals surface area contributed by atoms with Crippen LogP contribution in [0.15, 0.2) is 18.3 Å². The van der Waals surface area contributed by atoms with Crippen LogP contribution in [0.4, 0.5) is 5.69 Å². The second-order valence-electron chi connectivity index (χ2n) is 4.76. The van der Waals surface area contributed by atoms with Gasteiger partial charge in [0.15, 0.2) is 0 Å². The summed E-state index contributed by atoms with van der Waals surface area (Å²) in [6.07, 6.45) is 5.95. The van der Waals surface area contributed by atoms with E-state index in [1.807, 2.05) is 19.2 Å². The van der Waals surface area contributed by atoms with E-state index in [1.54, 1.807) is 0 Å². The maximum atomic E-state index is 9.71. The number of hydrogen-bond donors (Lipinski definition) is 1. The predicted molar refractivity (Wildman–Crippen MR) is 70.1 cm³/mol. The molecule has 0 bridgehead atoms. The van der Waals surface area contributed by atoms with Gasteiger partial charge < -0.3 is 10.0 Å². The maximum absolute atomic E-state index is 9.71. The molecule has 1 unspecified atom stereocenters. The Morgan fingerprint density at radius 3 is 2.88 bits per heavy atom. The molecule has 17 heavy (non-hydrogen) atoms. The van der Waals surface area contributed by atoms with Gasteiger partial charge in [-0.25, -0.2) is 0 Å². The molecular formula is C14H22N2O. The number of aliphatic hydroxyl groups excluding tert-OH is 1. The van der Waals surface area contributed by atoms with Crippen LogP contribution in [0, 0.1) is 0 Å². The van der Waals surface area contributed by atoms with E-state index in [2.05, 4.69) is 22.9 Å². The first kappa shape index (κ1) is 12.4. The lowest BCUT2D eigenvalue weighted by atomic mass is 10.1. The van der Waals surface area contributed by atoms with Gasteiger partial charge in [0.25, 0.3) is 0 Å². The zero-order valence-corrected chi connectivity index (χ0v) is 10.8. The first-order valence-electron chi connectivity index (χ1n) is 6.67. The van der Waals surface area contributed by atoms with Crippen LogP contribution in [0.1, 0.15) is 51.3 Å². The topological polar surface area (TPSA) is 36.4 Å². The van der Waals surface area contributed by atoms with E-state index in [-0.39, 0.29) is 0 Å². The fourth-order valence-electron chi connectivity index (χ4n) is 2.57. The van der Waals surface area contributed by atoms with Crippen molar-refractivity contribution in [1.29, 1.82) is 0 Å². The van der Waals surface area contributed by atoms with Crippen LogP contribution in [0.5, 0.6) is 0 Å². The zero-order chi connectivity index (χ0) is 12.3. The van der Waals surface area contributed by atoms with Gasteiger partial charge in [-0.05, 0) is 37.8 Å². The van der Waals surface area contributed by atoms with Crippen LogP contribution < -0.4 is 4.90 Å². The van der Waals surface area contributed by atoms with Gasteiger partial charge in [0.05, 0.1) is 23.7 Å². The van der Waals surface area contributed by atoms with E-state index in [1.165, 1.54) is 24.9 Å². The third kappa shape index (κ3) is 2.60. The Labute approximate surface area is 103 Å². The van der Waals surface area contributed by atoms with Crippen LogP contribution >= 0.6 is 0 Å². The molecule has 0 spiro atoms. The van der Waals surface area contributed by atoms with E-state index in [0.29, 0.717) is 12.5 Å². The van der Waals surface area contributed by atoms with Crippen LogP contribution in [0.2, 0.25) is 0 Å². The fraction of sp³-hybridized carbons (Fsp3) is 0.643. The van der Waals surface area contributed by atoms with Crippen molar-refractivity contribution in [3.05, 3.63) is 24.0 Å². The lowest BCUT2D eigenvalue weighted by Crippen LogP contribution is -2.28. The number of aliphatic hydroxyl groups is 1. The van der Waals surface area contributed by atoms with Crippen LogP contribution in [0.25, 0.3) is 0 Å². The molecule has 1 aliphatic heterocycles. The summed E-state index contributed by atoms with van der Waals surface area (Å²) in [7, 11) is 0. The molecule has 0 amide bonds. The second kappa shape index (κ2) is 5.50. The first-order chi connectivity index (χ1) is 8.26. The fourth-order valence-corrected chi connectivity index (χ4v) is 2.57. The normalized spacial score (nSPS) is 21.8. The first-order valence-corrected chi connectivity index (χ1v) is 6.67. The molecule has 3 nitrogen and oxygen atoms in total. The molecular weight excluding hydrogens is 212 g/mol. The van der Waals surface area contributed by atoms with Gasteiger partial charge in [-0.15, -0.1) is 0 Å². The lowest BCUT2D eigenvalue weighted by Gasteiger charge is -2.25. The Kier molecular flexibility index (Phi) is 4.00. The summed E-state index contributed by atoms with van der Waals surface area (Å²) in [5.74, 6) is 0. The third-order valence-electron chi connectivity index (χ3n) is 3.68. The summed E-state index contributed by atoms with van der Waals surface area (Å²) < 4.78 is 0. The summed E-state index contributed by atoms with van der Waals surface area (Å²) in [5, 5.41) is 9.71. The molecule has 1 aromatic heterocycles. The molecule has 0 saturated carbocycles. The van der Waals surface area contributed by atoms with Crippen molar-refractivity contribution < 1.29 is 5.11 Å². The molecule has 2 heterocycles. The monoisotopic (exact) mass is 234 g/mol. The quantitative estimate of drug-likeness (QED) is 0.870. The molecule has 94 valence electrons. The summed E-state index contributed by atoms with van der Waals surface area (Å²) in [4.78, 5) is 6.81. The Balaban J connectivity index is 2.12. The van der Waals surface area contributed by atoms with Gasteiger partial charge in [0.2, 0.25) is 0 Å². The van der Waals surface area contributed by atoms with Crippen LogP contribution in [0.3, 0.4) is 0 Å². The Morgan fingerprint density at radius 2 is 2.29 bits per heavy atom. The van der Waals surface area contributed by atoms with Crippen molar-refractivity contribution in [1.82, 2.24) is 4.98 Å². The summed E-state index contributed by atoms with van der Waals surface area (Å²) >= 11 is 0. The van der Waals surface area contributed by atoms with Gasteiger partial charge >= 0.3 is 0 Å². The van der Waals surface area contributed by atoms with Crippen molar-refractivity contribution in [2.45, 2.75) is 51.7 Å². The van der Waals surface area contributed by atoms with E-state index in [9.17, 15) is 5.11 Å². The van der Waals surface area contributed by atoms with Gasteiger partial charge in [0.1, 0.15) is 0 Å². The SMILES string of the molecule is CCC1CCCN1c1ccc([C@H](O)CC)nc1. The highest BCUT2D eigenvalue weighted by atomic mass is 16.3. The number of rotatable bonds is 4. The predicted octanol–water partition coefficient (Wildman–Crippen LogP) is 2.90. The summed E-state index contributed by atoms with van der Waals surface area (Å²) in [6, 6.07) is 4.71. The molecule has 2 rings (SSSR count). The largest absolute Gasteiger partial charge is 0.387 e. The highest BCUT2D eigenvalue weighted by Crippen LogP contribution is 2.27. The number of nitrogens with zero attached hydrogens (tertiary/aromatic N) is 2. The zero-order valence-electron chi connectivity index (χ0n) is 10.8. The minimum atomic E-state index is -0.426. The summed E-state index contributed by atoms with van der Waals surface area (Å²) in [6.45, 7) is 5.34. The van der Waals surface area contributed by atoms with Gasteiger partial charge in [-0.1, -0.05) is 13.8 Å². The standard InChI is InChI=1S/C14H22N2O/c1-3-11-6-5-9-16(11)12-7-8-13(15-10-12)14(17)4-2/h7-8,10-11,14,17H,3-6,9H2,1-2H3/t11?,14-/m1/s1. The van der Waals surface area contributed by atoms with Crippen molar-refractivity contribution in [2.75, 3.05) is 11.4 Å². The highest BCUT2D eigenvalue weighted by molar-refractivity contribution is 5.46. The third-order valence-corrected chi connectivity index (χ3v) is 3.68. The van der Waals surface area contributed by atoms with E-state index < -0.39 is 6.10 Å². The minimum absolute atomic E-state index is 0.426. The lowest BCUT2D eigenvalue weighted by molar-refractivity contribution is 0.169. The Hall–Kier alpha value is -1.09. The molecule has 0 aliphatic carbocycles. The van der Waals surface area contributed by atoms with E-state index in [4.69, 9.17) is 0 Å². The number of anilines is 1. The van der Waals surface area contributed by atoms with Gasteiger partial charge in [-0.3, -0.25) is 4.98 Å². The van der Waals surface area contributed by atoms with Crippen molar-refractivity contribution >= 4 is 5.69 Å². The summed E-state index contributed by atoms with van der Waals surface area (Å²) in [5.41, 5.74) is 1.98. The van der Waals surface area contributed by atoms with Crippen molar-refractivity contribution in [3.63, 3.8) is 0 Å². The molecule has 0 radical (unpaired) electrons. The average Bonchev–Trinajstić information content (AvgIpc) is 2.86.